The molecule has 2 N–H and O–H groups in total. The van der Waals surface area contributed by atoms with Crippen molar-refractivity contribution in [1.82, 2.24) is 10.2 Å². The Bertz CT molecular complexity index is 506. The maximum Gasteiger partial charge on any atom is 0.305 e. The van der Waals surface area contributed by atoms with Crippen molar-refractivity contribution in [1.29, 1.82) is 0 Å². The first-order valence-corrected chi connectivity index (χ1v) is 7.43. The minimum Gasteiger partial charge on any atom is -0.481 e. The van der Waals surface area contributed by atoms with Crippen LogP contribution in [0.2, 0.25) is 0 Å². The first-order valence-electron chi connectivity index (χ1n) is 6.56. The molecule has 0 atom stereocenters. The zero-order valence-electron chi connectivity index (χ0n) is 12.4. The summed E-state index contributed by atoms with van der Waals surface area (Å²) in [7, 11) is 0. The number of hydrogen-bond acceptors (Lipinski definition) is 4. The van der Waals surface area contributed by atoms with Gasteiger partial charge < -0.3 is 15.3 Å². The van der Waals surface area contributed by atoms with E-state index in [0.717, 1.165) is 0 Å². The van der Waals surface area contributed by atoms with Crippen LogP contribution >= 0.6 is 11.3 Å². The first-order chi connectivity index (χ1) is 9.71. The van der Waals surface area contributed by atoms with Crippen LogP contribution in [0.3, 0.4) is 0 Å². The van der Waals surface area contributed by atoms with Gasteiger partial charge in [0.25, 0.3) is 5.91 Å². The van der Waals surface area contributed by atoms with Gasteiger partial charge in [0.05, 0.1) is 17.8 Å². The number of carbonyl (C=O) groups is 3. The molecule has 0 fully saturated rings. The summed E-state index contributed by atoms with van der Waals surface area (Å²) >= 11 is 1.30. The Balaban J connectivity index is 2.60. The van der Waals surface area contributed by atoms with Crippen LogP contribution in [0.4, 0.5) is 0 Å². The number of thiophene rings is 1. The third-order valence-electron chi connectivity index (χ3n) is 2.81. The standard InChI is InChI=1S/C14H20N2O4S/c1-14(2,3)16(7-6-12(18)19)11(17)9-15-13(20)10-5-4-8-21-10/h4-5,8H,6-7,9H2,1-3H3,(H,15,20)(H,18,19). The van der Waals surface area contributed by atoms with E-state index in [4.69, 9.17) is 5.11 Å². The molecule has 0 aliphatic rings. The molecule has 0 saturated carbocycles. The molecule has 7 heteroatoms. The molecule has 0 aliphatic heterocycles. The summed E-state index contributed by atoms with van der Waals surface area (Å²) in [4.78, 5) is 36.7. The number of nitrogens with one attached hydrogen (secondary N) is 1. The molecule has 0 radical (unpaired) electrons. The van der Waals surface area contributed by atoms with Crippen molar-refractivity contribution in [2.24, 2.45) is 0 Å². The summed E-state index contributed by atoms with van der Waals surface area (Å²) in [5.41, 5.74) is -0.500. The molecule has 1 heterocycles. The molecule has 0 bridgehead atoms. The highest BCUT2D eigenvalue weighted by Crippen LogP contribution is 2.14. The van der Waals surface area contributed by atoms with Gasteiger partial charge in [0.1, 0.15) is 0 Å². The smallest absolute Gasteiger partial charge is 0.305 e. The van der Waals surface area contributed by atoms with Gasteiger partial charge in [-0.3, -0.25) is 14.4 Å². The van der Waals surface area contributed by atoms with Gasteiger partial charge in [-0.25, -0.2) is 0 Å². The van der Waals surface area contributed by atoms with Crippen molar-refractivity contribution < 1.29 is 19.5 Å². The second-order valence-corrected chi connectivity index (χ2v) is 6.47. The topological polar surface area (TPSA) is 86.7 Å². The molecule has 1 aromatic rings. The van der Waals surface area contributed by atoms with Crippen LogP contribution in [0, 0.1) is 0 Å². The molecule has 6 nitrogen and oxygen atoms in total. The highest BCUT2D eigenvalue weighted by Gasteiger charge is 2.26. The minimum atomic E-state index is -0.959. The van der Waals surface area contributed by atoms with Crippen molar-refractivity contribution in [2.45, 2.75) is 32.7 Å². The van der Waals surface area contributed by atoms with Crippen LogP contribution in [0.5, 0.6) is 0 Å². The fraction of sp³-hybridized carbons (Fsp3) is 0.500. The molecular weight excluding hydrogens is 292 g/mol. The molecule has 1 rings (SSSR count). The quantitative estimate of drug-likeness (QED) is 0.835. The van der Waals surface area contributed by atoms with Crippen molar-refractivity contribution >= 4 is 29.1 Å². The van der Waals surface area contributed by atoms with Gasteiger partial charge in [-0.15, -0.1) is 11.3 Å². The van der Waals surface area contributed by atoms with E-state index < -0.39 is 11.5 Å². The van der Waals surface area contributed by atoms with Crippen LogP contribution in [0.1, 0.15) is 36.9 Å². The van der Waals surface area contributed by atoms with Gasteiger partial charge in [-0.2, -0.15) is 0 Å². The molecule has 2 amide bonds. The zero-order valence-corrected chi connectivity index (χ0v) is 13.2. The van der Waals surface area contributed by atoms with Gasteiger partial charge in [0.2, 0.25) is 5.91 Å². The number of carboxylic acid groups (broad SMARTS) is 1. The van der Waals surface area contributed by atoms with Gasteiger partial charge in [-0.1, -0.05) is 6.07 Å². The molecule has 0 aromatic carbocycles. The van der Waals surface area contributed by atoms with E-state index in [9.17, 15) is 14.4 Å². The number of rotatable bonds is 6. The van der Waals surface area contributed by atoms with Crippen molar-refractivity contribution in [3.8, 4) is 0 Å². The van der Waals surface area contributed by atoms with Gasteiger partial charge >= 0.3 is 5.97 Å². The Morgan fingerprint density at radius 2 is 2.00 bits per heavy atom. The van der Waals surface area contributed by atoms with Gasteiger partial charge in [-0.05, 0) is 32.2 Å². The van der Waals surface area contributed by atoms with Gasteiger partial charge in [0.15, 0.2) is 0 Å². The maximum atomic E-state index is 12.2. The van der Waals surface area contributed by atoms with Crippen molar-refractivity contribution in [3.05, 3.63) is 22.4 Å². The Kier molecular flexibility index (Phi) is 5.90. The van der Waals surface area contributed by atoms with E-state index in [2.05, 4.69) is 5.32 Å². The lowest BCUT2D eigenvalue weighted by Gasteiger charge is -2.35. The van der Waals surface area contributed by atoms with Crippen molar-refractivity contribution in [3.63, 3.8) is 0 Å². The number of amides is 2. The highest BCUT2D eigenvalue weighted by molar-refractivity contribution is 7.12. The number of hydrogen-bond donors (Lipinski definition) is 2. The molecule has 116 valence electrons. The van der Waals surface area contributed by atoms with E-state index in [1.807, 2.05) is 20.8 Å². The molecule has 0 saturated heterocycles. The number of carbonyl (C=O) groups excluding carboxylic acids is 2. The monoisotopic (exact) mass is 312 g/mol. The lowest BCUT2D eigenvalue weighted by molar-refractivity contribution is -0.140. The summed E-state index contributed by atoms with van der Waals surface area (Å²) < 4.78 is 0. The second kappa shape index (κ2) is 7.21. The summed E-state index contributed by atoms with van der Waals surface area (Å²) in [6, 6.07) is 3.44. The first kappa shape index (κ1) is 17.2. The van der Waals surface area contributed by atoms with E-state index in [0.29, 0.717) is 4.88 Å². The van der Waals surface area contributed by atoms with E-state index in [1.165, 1.54) is 16.2 Å². The molecule has 1 aromatic heterocycles. The maximum absolute atomic E-state index is 12.2. The van der Waals surface area contributed by atoms with Crippen LogP contribution in [0.25, 0.3) is 0 Å². The van der Waals surface area contributed by atoms with Crippen LogP contribution in [-0.4, -0.2) is 46.4 Å². The number of carboxylic acids is 1. The molecular formula is C14H20N2O4S. The summed E-state index contributed by atoms with van der Waals surface area (Å²) in [6.07, 6.45) is -0.123. The normalized spacial score (nSPS) is 11.0. The Hall–Kier alpha value is -1.89. The lowest BCUT2D eigenvalue weighted by Crippen LogP contribution is -2.50. The van der Waals surface area contributed by atoms with Crippen molar-refractivity contribution in [2.75, 3.05) is 13.1 Å². The average Bonchev–Trinajstić information content (AvgIpc) is 2.87. The van der Waals surface area contributed by atoms with Gasteiger partial charge in [0, 0.05) is 12.1 Å². The molecule has 0 unspecified atom stereocenters. The third kappa shape index (κ3) is 5.55. The molecule has 21 heavy (non-hydrogen) atoms. The zero-order chi connectivity index (χ0) is 16.0. The fourth-order valence-corrected chi connectivity index (χ4v) is 2.43. The Morgan fingerprint density at radius 1 is 1.33 bits per heavy atom. The van der Waals surface area contributed by atoms with Crippen LogP contribution in [-0.2, 0) is 9.59 Å². The average molecular weight is 312 g/mol. The van der Waals surface area contributed by atoms with Crippen LogP contribution in [0.15, 0.2) is 17.5 Å². The predicted molar refractivity (Wildman–Crippen MR) is 80.4 cm³/mol. The summed E-state index contributed by atoms with van der Waals surface area (Å²) in [5, 5.41) is 13.1. The molecule has 0 spiro atoms. The predicted octanol–water partition coefficient (Wildman–Crippen LogP) is 1.58. The summed E-state index contributed by atoms with van der Waals surface area (Å²) in [6.45, 7) is 5.45. The molecule has 0 aliphatic carbocycles. The highest BCUT2D eigenvalue weighted by atomic mass is 32.1. The lowest BCUT2D eigenvalue weighted by atomic mass is 10.1. The SMILES string of the molecule is CC(C)(C)N(CCC(=O)O)C(=O)CNC(=O)c1cccs1. The number of nitrogens with zero attached hydrogens (tertiary/aromatic N) is 1. The Labute approximate surface area is 127 Å². The van der Waals surface area contributed by atoms with E-state index >= 15 is 0 Å². The minimum absolute atomic E-state index is 0.118. The Morgan fingerprint density at radius 3 is 2.48 bits per heavy atom. The van der Waals surface area contributed by atoms with Crippen LogP contribution < -0.4 is 5.32 Å². The second-order valence-electron chi connectivity index (χ2n) is 5.52. The largest absolute Gasteiger partial charge is 0.481 e. The third-order valence-corrected chi connectivity index (χ3v) is 3.67. The van der Waals surface area contributed by atoms with E-state index in [1.54, 1.807) is 17.5 Å². The summed E-state index contributed by atoms with van der Waals surface area (Å²) in [5.74, 6) is -1.56. The van der Waals surface area contributed by atoms with E-state index in [-0.39, 0.29) is 31.3 Å². The number of aliphatic carboxylic acids is 1. The fourth-order valence-electron chi connectivity index (χ4n) is 1.79.